The zero-order chi connectivity index (χ0) is 12.3. The van der Waals surface area contributed by atoms with Gasteiger partial charge in [-0.1, -0.05) is 17.7 Å². The highest BCUT2D eigenvalue weighted by atomic mass is 35.5. The predicted octanol–water partition coefficient (Wildman–Crippen LogP) is 3.25. The van der Waals surface area contributed by atoms with Crippen molar-refractivity contribution >= 4 is 11.6 Å². The van der Waals surface area contributed by atoms with Crippen LogP contribution in [-0.4, -0.2) is 14.2 Å². The highest BCUT2D eigenvalue weighted by molar-refractivity contribution is 6.31. The van der Waals surface area contributed by atoms with Gasteiger partial charge in [0.15, 0.2) is 0 Å². The molecule has 2 aromatic rings. The normalized spacial score (nSPS) is 12.4. The summed E-state index contributed by atoms with van der Waals surface area (Å²) < 4.78 is 10.5. The fourth-order valence-corrected chi connectivity index (χ4v) is 2.06. The molecule has 0 fully saturated rings. The van der Waals surface area contributed by atoms with Crippen LogP contribution in [0.2, 0.25) is 5.02 Å². The van der Waals surface area contributed by atoms with Crippen molar-refractivity contribution < 1.29 is 9.15 Å². The van der Waals surface area contributed by atoms with Gasteiger partial charge in [-0.15, -0.1) is 0 Å². The molecule has 0 aliphatic carbocycles. The van der Waals surface area contributed by atoms with E-state index < -0.39 is 0 Å². The Hall–Kier alpha value is -1.45. The van der Waals surface area contributed by atoms with Gasteiger partial charge in [0.2, 0.25) is 0 Å². The van der Waals surface area contributed by atoms with E-state index in [4.69, 9.17) is 20.8 Å². The molecule has 0 spiro atoms. The summed E-state index contributed by atoms with van der Waals surface area (Å²) in [5.41, 5.74) is 0.963. The van der Waals surface area contributed by atoms with Gasteiger partial charge in [-0.2, -0.15) is 0 Å². The molecule has 1 atom stereocenters. The van der Waals surface area contributed by atoms with E-state index in [0.29, 0.717) is 5.02 Å². The summed E-state index contributed by atoms with van der Waals surface area (Å²) >= 11 is 6.24. The molecule has 0 aliphatic heterocycles. The van der Waals surface area contributed by atoms with Crippen molar-refractivity contribution in [2.24, 2.45) is 0 Å². The lowest BCUT2D eigenvalue weighted by atomic mass is 10.0. The first-order valence-corrected chi connectivity index (χ1v) is 5.68. The van der Waals surface area contributed by atoms with Crippen molar-refractivity contribution in [3.63, 3.8) is 0 Å². The lowest BCUT2D eigenvalue weighted by molar-refractivity contribution is 0.414. The molecule has 3 nitrogen and oxygen atoms in total. The van der Waals surface area contributed by atoms with Gasteiger partial charge >= 0.3 is 0 Å². The summed E-state index contributed by atoms with van der Waals surface area (Å²) in [7, 11) is 3.49. The maximum Gasteiger partial charge on any atom is 0.125 e. The van der Waals surface area contributed by atoms with E-state index in [1.807, 2.05) is 31.3 Å². The number of methoxy groups -OCH3 is 1. The number of hydrogen-bond acceptors (Lipinski definition) is 3. The highest BCUT2D eigenvalue weighted by Gasteiger charge is 2.17. The van der Waals surface area contributed by atoms with E-state index in [9.17, 15) is 0 Å². The van der Waals surface area contributed by atoms with Crippen LogP contribution in [0.1, 0.15) is 17.4 Å². The van der Waals surface area contributed by atoms with Crippen LogP contribution in [0.25, 0.3) is 0 Å². The average molecular weight is 252 g/mol. The first-order valence-electron chi connectivity index (χ1n) is 5.30. The summed E-state index contributed by atoms with van der Waals surface area (Å²) in [6, 6.07) is 9.34. The summed E-state index contributed by atoms with van der Waals surface area (Å²) in [5, 5.41) is 3.83. The Morgan fingerprint density at radius 2 is 2.18 bits per heavy atom. The summed E-state index contributed by atoms with van der Waals surface area (Å²) in [6.07, 6.45) is 1.65. The van der Waals surface area contributed by atoms with Gasteiger partial charge in [-0.3, -0.25) is 0 Å². The standard InChI is InChI=1S/C13H14ClNO2/c1-15-13(12-4-3-7-17-12)10-6-5-9(16-2)8-11(10)14/h3-8,13,15H,1-2H3. The molecule has 2 rings (SSSR count). The smallest absolute Gasteiger partial charge is 0.125 e. The molecule has 0 bridgehead atoms. The Bertz CT molecular complexity index is 482. The molecule has 0 aliphatic rings. The number of benzene rings is 1. The van der Waals surface area contributed by atoms with Gasteiger partial charge in [0, 0.05) is 5.02 Å². The van der Waals surface area contributed by atoms with Crippen LogP contribution in [0.15, 0.2) is 41.0 Å². The third-order valence-electron chi connectivity index (χ3n) is 2.63. The molecule has 1 aromatic heterocycles. The monoisotopic (exact) mass is 251 g/mol. The number of ether oxygens (including phenoxy) is 1. The molecule has 1 aromatic carbocycles. The van der Waals surface area contributed by atoms with E-state index >= 15 is 0 Å². The Morgan fingerprint density at radius 1 is 1.35 bits per heavy atom. The van der Waals surface area contributed by atoms with Crippen molar-refractivity contribution in [2.45, 2.75) is 6.04 Å². The zero-order valence-corrected chi connectivity index (χ0v) is 10.5. The molecule has 0 amide bonds. The van der Waals surface area contributed by atoms with Crippen LogP contribution in [0.3, 0.4) is 0 Å². The van der Waals surface area contributed by atoms with Gasteiger partial charge in [0.05, 0.1) is 19.4 Å². The third-order valence-corrected chi connectivity index (χ3v) is 2.96. The second kappa shape index (κ2) is 5.25. The van der Waals surface area contributed by atoms with Crippen LogP contribution in [0, 0.1) is 0 Å². The Balaban J connectivity index is 2.38. The van der Waals surface area contributed by atoms with Crippen LogP contribution in [0.5, 0.6) is 5.75 Å². The molecule has 4 heteroatoms. The number of hydrogen-bond donors (Lipinski definition) is 1. The Morgan fingerprint density at radius 3 is 2.71 bits per heavy atom. The van der Waals surface area contributed by atoms with Crippen molar-refractivity contribution in [1.82, 2.24) is 5.32 Å². The number of halogens is 1. The van der Waals surface area contributed by atoms with Crippen LogP contribution >= 0.6 is 11.6 Å². The Labute approximate surface area is 105 Å². The maximum atomic E-state index is 6.24. The number of nitrogens with one attached hydrogen (secondary N) is 1. The van der Waals surface area contributed by atoms with Gasteiger partial charge in [-0.25, -0.2) is 0 Å². The van der Waals surface area contributed by atoms with Gasteiger partial charge in [0.1, 0.15) is 11.5 Å². The van der Waals surface area contributed by atoms with E-state index in [0.717, 1.165) is 17.1 Å². The molecule has 0 radical (unpaired) electrons. The quantitative estimate of drug-likeness (QED) is 0.906. The van der Waals surface area contributed by atoms with Crippen molar-refractivity contribution in [1.29, 1.82) is 0 Å². The highest BCUT2D eigenvalue weighted by Crippen LogP contribution is 2.31. The molecule has 1 unspecified atom stereocenters. The van der Waals surface area contributed by atoms with E-state index in [1.54, 1.807) is 19.4 Å². The molecule has 17 heavy (non-hydrogen) atoms. The van der Waals surface area contributed by atoms with E-state index in [1.165, 1.54) is 0 Å². The minimum Gasteiger partial charge on any atom is -0.497 e. The average Bonchev–Trinajstić information content (AvgIpc) is 2.85. The first-order chi connectivity index (χ1) is 8.26. The summed E-state index contributed by atoms with van der Waals surface area (Å²) in [4.78, 5) is 0. The minimum absolute atomic E-state index is 0.0524. The molecular weight excluding hydrogens is 238 g/mol. The molecule has 0 saturated carbocycles. The molecule has 1 heterocycles. The largest absolute Gasteiger partial charge is 0.497 e. The van der Waals surface area contributed by atoms with Crippen LogP contribution in [-0.2, 0) is 0 Å². The predicted molar refractivity (Wildman–Crippen MR) is 67.6 cm³/mol. The first kappa shape index (κ1) is 12.0. The van der Waals surface area contributed by atoms with Gasteiger partial charge in [0.25, 0.3) is 0 Å². The maximum absolute atomic E-state index is 6.24. The molecule has 90 valence electrons. The molecular formula is C13H14ClNO2. The SMILES string of the molecule is CNC(c1ccco1)c1ccc(OC)cc1Cl. The second-order valence-corrected chi connectivity index (χ2v) is 4.03. The minimum atomic E-state index is -0.0524. The van der Waals surface area contributed by atoms with Gasteiger partial charge in [-0.05, 0) is 36.9 Å². The third kappa shape index (κ3) is 2.46. The second-order valence-electron chi connectivity index (χ2n) is 3.62. The molecule has 0 saturated heterocycles. The van der Waals surface area contributed by atoms with E-state index in [-0.39, 0.29) is 6.04 Å². The van der Waals surface area contributed by atoms with E-state index in [2.05, 4.69) is 5.32 Å². The number of furan rings is 1. The topological polar surface area (TPSA) is 34.4 Å². The lowest BCUT2D eigenvalue weighted by Gasteiger charge is -2.16. The van der Waals surface area contributed by atoms with Crippen LogP contribution in [0.4, 0.5) is 0 Å². The zero-order valence-electron chi connectivity index (χ0n) is 9.74. The lowest BCUT2D eigenvalue weighted by Crippen LogP contribution is -2.17. The summed E-state index contributed by atoms with van der Waals surface area (Å²) in [5.74, 6) is 1.58. The summed E-state index contributed by atoms with van der Waals surface area (Å²) in [6.45, 7) is 0. The van der Waals surface area contributed by atoms with Crippen molar-refractivity contribution in [3.8, 4) is 5.75 Å². The van der Waals surface area contributed by atoms with Crippen molar-refractivity contribution in [3.05, 3.63) is 52.9 Å². The molecule has 1 N–H and O–H groups in total. The van der Waals surface area contributed by atoms with Gasteiger partial charge < -0.3 is 14.5 Å². The van der Waals surface area contributed by atoms with Crippen molar-refractivity contribution in [2.75, 3.05) is 14.2 Å². The number of rotatable bonds is 4. The fraction of sp³-hybridized carbons (Fsp3) is 0.231. The Kier molecular flexibility index (Phi) is 3.71. The van der Waals surface area contributed by atoms with Crippen LogP contribution < -0.4 is 10.1 Å². The fourth-order valence-electron chi connectivity index (χ4n) is 1.78.